The molecule has 0 aliphatic carbocycles. The maximum Gasteiger partial charge on any atom is 0.329 e. The molecular weight excluding hydrogens is 412 g/mol. The molecule has 9 heteroatoms. The van der Waals surface area contributed by atoms with Gasteiger partial charge in [0.25, 0.3) is 5.56 Å². The maximum absolute atomic E-state index is 12.6. The number of imidazole rings is 1. The van der Waals surface area contributed by atoms with Crippen LogP contribution in [0.25, 0.3) is 11.2 Å². The average molecular weight is 436 g/mol. The first kappa shape index (κ1) is 21.4. The largest absolute Gasteiger partial charge is 0.491 e. The van der Waals surface area contributed by atoms with Crippen LogP contribution in [0.2, 0.25) is 0 Å². The number of aromatic amines is 1. The molecule has 0 spiro atoms. The van der Waals surface area contributed by atoms with E-state index in [1.54, 1.807) is 12.1 Å². The summed E-state index contributed by atoms with van der Waals surface area (Å²) in [4.78, 5) is 31.3. The van der Waals surface area contributed by atoms with E-state index in [2.05, 4.69) is 9.97 Å². The monoisotopic (exact) mass is 436 g/mol. The third-order valence-electron chi connectivity index (χ3n) is 5.12. The molecule has 2 heterocycles. The zero-order valence-corrected chi connectivity index (χ0v) is 18.0. The smallest absolute Gasteiger partial charge is 0.329 e. The molecule has 1 atom stereocenters. The molecule has 166 valence electrons. The SMILES string of the molecule is Cc1ccc(Oc2nc3c(c(=O)[nH]c(=O)n3C)n2C[C@H](O)COc2ccccc2C)cc1. The average Bonchev–Trinajstić information content (AvgIpc) is 3.11. The molecule has 0 fully saturated rings. The van der Waals surface area contributed by atoms with E-state index in [0.717, 1.165) is 11.1 Å². The van der Waals surface area contributed by atoms with Crippen molar-refractivity contribution in [3.63, 3.8) is 0 Å². The van der Waals surface area contributed by atoms with Crippen LogP contribution in [0, 0.1) is 13.8 Å². The molecule has 0 saturated heterocycles. The summed E-state index contributed by atoms with van der Waals surface area (Å²) < 4.78 is 14.3. The number of benzene rings is 2. The van der Waals surface area contributed by atoms with Crippen molar-refractivity contribution in [1.82, 2.24) is 19.1 Å². The molecule has 0 radical (unpaired) electrons. The topological polar surface area (TPSA) is 111 Å². The van der Waals surface area contributed by atoms with E-state index in [-0.39, 0.29) is 30.3 Å². The van der Waals surface area contributed by atoms with Gasteiger partial charge in [-0.1, -0.05) is 35.9 Å². The number of hydrogen-bond acceptors (Lipinski definition) is 6. The molecule has 0 saturated carbocycles. The maximum atomic E-state index is 12.6. The normalized spacial score (nSPS) is 12.1. The summed E-state index contributed by atoms with van der Waals surface area (Å²) in [6.07, 6.45) is -0.969. The second kappa shape index (κ2) is 8.72. The Morgan fingerprint density at radius 3 is 2.53 bits per heavy atom. The molecule has 0 amide bonds. The quantitative estimate of drug-likeness (QED) is 0.460. The number of nitrogens with zero attached hydrogens (tertiary/aromatic N) is 3. The minimum Gasteiger partial charge on any atom is -0.491 e. The highest BCUT2D eigenvalue weighted by molar-refractivity contribution is 5.71. The van der Waals surface area contributed by atoms with Crippen molar-refractivity contribution in [2.75, 3.05) is 6.61 Å². The van der Waals surface area contributed by atoms with E-state index in [1.807, 2.05) is 50.2 Å². The van der Waals surface area contributed by atoms with E-state index in [1.165, 1.54) is 16.2 Å². The van der Waals surface area contributed by atoms with Crippen LogP contribution < -0.4 is 20.7 Å². The highest BCUT2D eigenvalue weighted by Gasteiger charge is 2.21. The van der Waals surface area contributed by atoms with Crippen molar-refractivity contribution in [1.29, 1.82) is 0 Å². The molecule has 4 aromatic rings. The number of nitrogens with one attached hydrogen (secondary N) is 1. The second-order valence-electron chi connectivity index (χ2n) is 7.64. The summed E-state index contributed by atoms with van der Waals surface area (Å²) in [7, 11) is 1.51. The highest BCUT2D eigenvalue weighted by atomic mass is 16.5. The lowest BCUT2D eigenvalue weighted by Gasteiger charge is -2.16. The molecule has 2 N–H and O–H groups in total. The number of hydrogen-bond donors (Lipinski definition) is 2. The Morgan fingerprint density at radius 1 is 1.09 bits per heavy atom. The lowest BCUT2D eigenvalue weighted by atomic mass is 10.2. The van der Waals surface area contributed by atoms with E-state index in [4.69, 9.17) is 9.47 Å². The van der Waals surface area contributed by atoms with E-state index >= 15 is 0 Å². The van der Waals surface area contributed by atoms with Gasteiger partial charge in [-0.25, -0.2) is 4.79 Å². The predicted molar refractivity (Wildman–Crippen MR) is 120 cm³/mol. The van der Waals surface area contributed by atoms with Gasteiger partial charge in [0.05, 0.1) is 6.54 Å². The first-order valence-corrected chi connectivity index (χ1v) is 10.1. The van der Waals surface area contributed by atoms with E-state index in [0.29, 0.717) is 11.5 Å². The van der Waals surface area contributed by atoms with Crippen molar-refractivity contribution in [3.8, 4) is 17.5 Å². The number of aryl methyl sites for hydroxylation is 3. The van der Waals surface area contributed by atoms with Gasteiger partial charge in [0.1, 0.15) is 24.2 Å². The van der Waals surface area contributed by atoms with Crippen LogP contribution in [0.15, 0.2) is 58.1 Å². The van der Waals surface area contributed by atoms with Crippen LogP contribution in [0.1, 0.15) is 11.1 Å². The Morgan fingerprint density at radius 2 is 1.81 bits per heavy atom. The molecule has 9 nitrogen and oxygen atoms in total. The van der Waals surface area contributed by atoms with Gasteiger partial charge in [0.2, 0.25) is 0 Å². The molecule has 0 aliphatic heterocycles. The third kappa shape index (κ3) is 4.28. The fourth-order valence-electron chi connectivity index (χ4n) is 3.34. The number of rotatable bonds is 7. The van der Waals surface area contributed by atoms with Crippen molar-refractivity contribution in [3.05, 3.63) is 80.5 Å². The van der Waals surface area contributed by atoms with Crippen LogP contribution in [0.4, 0.5) is 0 Å². The van der Waals surface area contributed by atoms with Gasteiger partial charge in [-0.3, -0.25) is 18.9 Å². The standard InChI is InChI=1S/C23H24N4O5/c1-14-8-10-17(11-9-14)32-23-24-20-19(21(29)25-22(30)26(20)3)27(23)12-16(28)13-31-18-7-5-4-6-15(18)2/h4-11,16,28H,12-13H2,1-3H3,(H,25,29,30)/t16-/m0/s1. The minimum absolute atomic E-state index is 0.00182. The number of aromatic nitrogens is 4. The Bertz CT molecular complexity index is 1370. The summed E-state index contributed by atoms with van der Waals surface area (Å²) in [5.41, 5.74) is 1.10. The summed E-state index contributed by atoms with van der Waals surface area (Å²) in [5.74, 6) is 1.18. The van der Waals surface area contributed by atoms with E-state index < -0.39 is 17.4 Å². The lowest BCUT2D eigenvalue weighted by molar-refractivity contribution is 0.0912. The van der Waals surface area contributed by atoms with Crippen molar-refractivity contribution < 1.29 is 14.6 Å². The molecule has 2 aromatic carbocycles. The van der Waals surface area contributed by atoms with Crippen molar-refractivity contribution >= 4 is 11.2 Å². The Kier molecular flexibility index (Phi) is 5.83. The molecule has 0 unspecified atom stereocenters. The summed E-state index contributed by atoms with van der Waals surface area (Å²) in [5, 5.41) is 10.7. The van der Waals surface area contributed by atoms with Crippen molar-refractivity contribution in [2.45, 2.75) is 26.5 Å². The van der Waals surface area contributed by atoms with Crippen LogP contribution in [0.5, 0.6) is 17.5 Å². The van der Waals surface area contributed by atoms with Gasteiger partial charge >= 0.3 is 11.7 Å². The third-order valence-corrected chi connectivity index (χ3v) is 5.12. The number of H-pyrrole nitrogens is 1. The van der Waals surface area contributed by atoms with Gasteiger partial charge in [-0.15, -0.1) is 0 Å². The number of fused-ring (bicyclic) bond motifs is 1. The summed E-state index contributed by atoms with van der Waals surface area (Å²) >= 11 is 0. The number of ether oxygens (including phenoxy) is 2. The van der Waals surface area contributed by atoms with Gasteiger partial charge < -0.3 is 14.6 Å². The van der Waals surface area contributed by atoms with Gasteiger partial charge in [0.15, 0.2) is 11.2 Å². The van der Waals surface area contributed by atoms with Crippen LogP contribution in [-0.2, 0) is 13.6 Å². The molecule has 32 heavy (non-hydrogen) atoms. The molecule has 4 rings (SSSR count). The van der Waals surface area contributed by atoms with Crippen LogP contribution >= 0.6 is 0 Å². The Labute approximate surface area is 183 Å². The number of aliphatic hydroxyl groups excluding tert-OH is 1. The number of para-hydroxylation sites is 1. The summed E-state index contributed by atoms with van der Waals surface area (Å²) in [6.45, 7) is 3.85. The molecule has 0 bridgehead atoms. The first-order chi connectivity index (χ1) is 15.3. The van der Waals surface area contributed by atoms with Gasteiger partial charge in [0, 0.05) is 7.05 Å². The zero-order valence-electron chi connectivity index (χ0n) is 18.0. The lowest BCUT2D eigenvalue weighted by Crippen LogP contribution is -2.30. The van der Waals surface area contributed by atoms with Gasteiger partial charge in [-0.05, 0) is 37.6 Å². The molecule has 2 aromatic heterocycles. The Hall–Kier alpha value is -3.85. The predicted octanol–water partition coefficient (Wildman–Crippen LogP) is 2.27. The second-order valence-corrected chi connectivity index (χ2v) is 7.64. The number of aliphatic hydroxyl groups is 1. The zero-order chi connectivity index (χ0) is 22.8. The fourth-order valence-corrected chi connectivity index (χ4v) is 3.34. The molecular formula is C23H24N4O5. The van der Waals surface area contributed by atoms with Crippen LogP contribution in [-0.4, -0.2) is 36.9 Å². The summed E-state index contributed by atoms with van der Waals surface area (Å²) in [6, 6.07) is 14.9. The van der Waals surface area contributed by atoms with E-state index in [9.17, 15) is 14.7 Å². The van der Waals surface area contributed by atoms with Crippen molar-refractivity contribution in [2.24, 2.45) is 7.05 Å². The minimum atomic E-state index is -0.969. The van der Waals surface area contributed by atoms with Crippen LogP contribution in [0.3, 0.4) is 0 Å². The molecule has 0 aliphatic rings. The fraction of sp³-hybridized carbons (Fsp3) is 0.261. The highest BCUT2D eigenvalue weighted by Crippen LogP contribution is 2.25. The Balaban J connectivity index is 1.68. The first-order valence-electron chi connectivity index (χ1n) is 10.1. The van der Waals surface area contributed by atoms with Gasteiger partial charge in [-0.2, -0.15) is 4.98 Å².